The first-order chi connectivity index (χ1) is 14.5. The molecule has 0 spiro atoms. The minimum Gasteiger partial charge on any atom is -0.365 e. The summed E-state index contributed by atoms with van der Waals surface area (Å²) in [5.74, 6) is 0.395. The Morgan fingerprint density at radius 3 is 2.50 bits per heavy atom. The molecule has 0 aliphatic carbocycles. The summed E-state index contributed by atoms with van der Waals surface area (Å²) < 4.78 is 51.2. The van der Waals surface area contributed by atoms with Gasteiger partial charge in [-0.25, -0.2) is 0 Å². The molecule has 30 heavy (non-hydrogen) atoms. The van der Waals surface area contributed by atoms with Gasteiger partial charge < -0.3 is 9.26 Å². The lowest BCUT2D eigenvalue weighted by Crippen LogP contribution is -2.21. The number of halogens is 3. The van der Waals surface area contributed by atoms with Crippen molar-refractivity contribution in [2.24, 2.45) is 0 Å². The predicted octanol–water partition coefficient (Wildman–Crippen LogP) is 4.89. The Bertz CT molecular complexity index is 1170. The molecule has 0 amide bonds. The van der Waals surface area contributed by atoms with E-state index in [1.807, 2.05) is 41.1 Å². The van der Waals surface area contributed by atoms with E-state index in [2.05, 4.69) is 15.2 Å². The topological polar surface area (TPSA) is 66.0 Å². The van der Waals surface area contributed by atoms with E-state index in [-0.39, 0.29) is 17.8 Å². The number of aromatic nitrogens is 4. The Morgan fingerprint density at radius 1 is 1.00 bits per heavy atom. The maximum Gasteiger partial charge on any atom is 0.416 e. The molecule has 6 nitrogen and oxygen atoms in total. The second kappa shape index (κ2) is 7.10. The van der Waals surface area contributed by atoms with Crippen molar-refractivity contribution >= 4 is 0 Å². The number of hydrogen-bond acceptors (Lipinski definition) is 5. The Hall–Kier alpha value is -3.46. The van der Waals surface area contributed by atoms with E-state index in [9.17, 15) is 13.2 Å². The first kappa shape index (κ1) is 18.6. The van der Waals surface area contributed by atoms with Gasteiger partial charge in [0.1, 0.15) is 6.10 Å². The van der Waals surface area contributed by atoms with Crippen molar-refractivity contribution in [3.8, 4) is 23.0 Å². The van der Waals surface area contributed by atoms with Crippen LogP contribution in [0.15, 0.2) is 65.2 Å². The summed E-state index contributed by atoms with van der Waals surface area (Å²) in [6.07, 6.45) is -4.49. The number of hydrogen-bond donors (Lipinski definition) is 0. The second-order valence-corrected chi connectivity index (χ2v) is 6.91. The molecule has 0 N–H and O–H groups in total. The van der Waals surface area contributed by atoms with Crippen LogP contribution in [0.3, 0.4) is 0 Å². The normalized spacial score (nSPS) is 16.4. The molecule has 2 aromatic carbocycles. The third kappa shape index (κ3) is 3.48. The molecule has 0 saturated carbocycles. The van der Waals surface area contributed by atoms with Gasteiger partial charge in [0.15, 0.2) is 5.69 Å². The predicted molar refractivity (Wildman–Crippen MR) is 99.9 cm³/mol. The molecule has 2 aromatic heterocycles. The highest BCUT2D eigenvalue weighted by Gasteiger charge is 2.30. The molecule has 4 aromatic rings. The highest BCUT2D eigenvalue weighted by Crippen LogP contribution is 2.32. The fourth-order valence-corrected chi connectivity index (χ4v) is 3.35. The van der Waals surface area contributed by atoms with Crippen LogP contribution in [0.2, 0.25) is 0 Å². The van der Waals surface area contributed by atoms with Crippen LogP contribution < -0.4 is 0 Å². The van der Waals surface area contributed by atoms with Crippen molar-refractivity contribution in [1.29, 1.82) is 0 Å². The molecule has 0 bridgehead atoms. The lowest BCUT2D eigenvalue weighted by molar-refractivity contribution is -0.137. The number of rotatable bonds is 3. The van der Waals surface area contributed by atoms with Gasteiger partial charge in [-0.15, -0.1) is 0 Å². The summed E-state index contributed by atoms with van der Waals surface area (Å²) in [6, 6.07) is 16.3. The van der Waals surface area contributed by atoms with Crippen LogP contribution in [-0.2, 0) is 24.1 Å². The molecule has 152 valence electrons. The molecular formula is C21H15F3N4O2. The van der Waals surface area contributed by atoms with E-state index < -0.39 is 11.7 Å². The average molecular weight is 412 g/mol. The van der Waals surface area contributed by atoms with Crippen molar-refractivity contribution in [2.45, 2.75) is 25.4 Å². The van der Waals surface area contributed by atoms with Crippen LogP contribution in [0.25, 0.3) is 23.0 Å². The Kier molecular flexibility index (Phi) is 4.39. The summed E-state index contributed by atoms with van der Waals surface area (Å²) >= 11 is 0. The highest BCUT2D eigenvalue weighted by atomic mass is 19.4. The van der Waals surface area contributed by atoms with Crippen LogP contribution >= 0.6 is 0 Å². The molecule has 3 heterocycles. The zero-order valence-corrected chi connectivity index (χ0v) is 15.5. The standard InChI is InChI=1S/C21H15F3N4O2/c22-21(23,24)15-8-6-14(7-9-15)19-25-20(30-27-19)17-10-16-12-29-18(11-28(16)26-17)13-4-2-1-3-5-13/h1-10,18H,11-12H2/t18-/m1/s1. The van der Waals surface area contributed by atoms with Gasteiger partial charge in [0.2, 0.25) is 5.82 Å². The molecule has 0 unspecified atom stereocenters. The summed E-state index contributed by atoms with van der Waals surface area (Å²) in [6.45, 7) is 0.950. The van der Waals surface area contributed by atoms with E-state index in [1.54, 1.807) is 0 Å². The maximum atomic E-state index is 12.7. The third-order valence-electron chi connectivity index (χ3n) is 4.92. The fourth-order valence-electron chi connectivity index (χ4n) is 3.35. The Balaban J connectivity index is 1.37. The fraction of sp³-hybridized carbons (Fsp3) is 0.190. The van der Waals surface area contributed by atoms with Crippen molar-refractivity contribution in [2.75, 3.05) is 0 Å². The molecule has 1 aliphatic rings. The van der Waals surface area contributed by atoms with Crippen LogP contribution in [0.4, 0.5) is 13.2 Å². The van der Waals surface area contributed by atoms with Crippen LogP contribution in [0, 0.1) is 0 Å². The second-order valence-electron chi connectivity index (χ2n) is 6.91. The van der Waals surface area contributed by atoms with E-state index >= 15 is 0 Å². The molecule has 1 aliphatic heterocycles. The van der Waals surface area contributed by atoms with Crippen molar-refractivity contribution in [3.63, 3.8) is 0 Å². The largest absolute Gasteiger partial charge is 0.416 e. The van der Waals surface area contributed by atoms with Crippen LogP contribution in [-0.4, -0.2) is 19.9 Å². The quantitative estimate of drug-likeness (QED) is 0.479. The highest BCUT2D eigenvalue weighted by molar-refractivity contribution is 5.58. The number of benzene rings is 2. The first-order valence-corrected chi connectivity index (χ1v) is 9.22. The zero-order valence-electron chi connectivity index (χ0n) is 15.5. The molecule has 1 atom stereocenters. The molecule has 5 rings (SSSR count). The van der Waals surface area contributed by atoms with E-state index in [4.69, 9.17) is 9.26 Å². The summed E-state index contributed by atoms with van der Waals surface area (Å²) in [7, 11) is 0. The van der Waals surface area contributed by atoms with Crippen LogP contribution in [0.1, 0.15) is 22.9 Å². The van der Waals surface area contributed by atoms with E-state index in [0.717, 1.165) is 23.4 Å². The Labute approximate surface area is 168 Å². The minimum absolute atomic E-state index is 0.100. The van der Waals surface area contributed by atoms with E-state index in [0.29, 0.717) is 24.4 Å². The van der Waals surface area contributed by atoms with Gasteiger partial charge >= 0.3 is 6.18 Å². The number of alkyl halides is 3. The number of fused-ring (bicyclic) bond motifs is 1. The summed E-state index contributed by atoms with van der Waals surface area (Å²) in [5, 5.41) is 8.42. The summed E-state index contributed by atoms with van der Waals surface area (Å²) in [4.78, 5) is 4.29. The van der Waals surface area contributed by atoms with Gasteiger partial charge in [-0.05, 0) is 23.8 Å². The van der Waals surface area contributed by atoms with Gasteiger partial charge in [0.25, 0.3) is 5.89 Å². The molecule has 0 fully saturated rings. The third-order valence-corrected chi connectivity index (χ3v) is 4.92. The van der Waals surface area contributed by atoms with E-state index in [1.165, 1.54) is 12.1 Å². The summed E-state index contributed by atoms with van der Waals surface area (Å²) in [5.41, 5.74) is 2.14. The van der Waals surface area contributed by atoms with Gasteiger partial charge in [-0.3, -0.25) is 4.68 Å². The lowest BCUT2D eigenvalue weighted by atomic mass is 10.1. The zero-order chi connectivity index (χ0) is 20.7. The van der Waals surface area contributed by atoms with Gasteiger partial charge in [0, 0.05) is 5.56 Å². The molecule has 9 heteroatoms. The first-order valence-electron chi connectivity index (χ1n) is 9.22. The molecular weight excluding hydrogens is 397 g/mol. The average Bonchev–Trinajstić information content (AvgIpc) is 3.40. The smallest absolute Gasteiger partial charge is 0.365 e. The number of nitrogens with zero attached hydrogens (tertiary/aromatic N) is 4. The minimum atomic E-state index is -4.39. The van der Waals surface area contributed by atoms with Crippen molar-refractivity contribution in [3.05, 3.63) is 77.5 Å². The maximum absolute atomic E-state index is 12.7. The van der Waals surface area contributed by atoms with Crippen molar-refractivity contribution in [1.82, 2.24) is 19.9 Å². The van der Waals surface area contributed by atoms with Crippen molar-refractivity contribution < 1.29 is 22.4 Å². The monoisotopic (exact) mass is 412 g/mol. The van der Waals surface area contributed by atoms with Gasteiger partial charge in [-0.2, -0.15) is 23.3 Å². The molecule has 0 saturated heterocycles. The molecule has 0 radical (unpaired) electrons. The van der Waals surface area contributed by atoms with Gasteiger partial charge in [0.05, 0.1) is 24.4 Å². The Morgan fingerprint density at radius 2 is 1.77 bits per heavy atom. The number of ether oxygens (including phenoxy) is 1. The SMILES string of the molecule is FC(F)(F)c1ccc(-c2noc(-c3cc4n(n3)C[C@H](c3ccccc3)OC4)n2)cc1. The van der Waals surface area contributed by atoms with Crippen LogP contribution in [0.5, 0.6) is 0 Å². The lowest BCUT2D eigenvalue weighted by Gasteiger charge is -2.24. The van der Waals surface area contributed by atoms with Gasteiger partial charge in [-0.1, -0.05) is 47.6 Å².